The van der Waals surface area contributed by atoms with Crippen LogP contribution in [0.3, 0.4) is 0 Å². The highest BCUT2D eigenvalue weighted by molar-refractivity contribution is 7.98. The molecule has 2 aromatic rings. The number of aryl methyl sites for hydroxylation is 1. The van der Waals surface area contributed by atoms with Crippen LogP contribution in [0.1, 0.15) is 11.4 Å². The van der Waals surface area contributed by atoms with Gasteiger partial charge in [0.2, 0.25) is 0 Å². The van der Waals surface area contributed by atoms with Crippen molar-refractivity contribution in [2.24, 2.45) is 0 Å². The van der Waals surface area contributed by atoms with Gasteiger partial charge >= 0.3 is 0 Å². The molecule has 0 saturated heterocycles. The summed E-state index contributed by atoms with van der Waals surface area (Å²) in [5.41, 5.74) is 7.70. The minimum atomic E-state index is 0.783. The largest absolute Gasteiger partial charge is 0.399 e. The van der Waals surface area contributed by atoms with Gasteiger partial charge in [-0.3, -0.25) is 0 Å². The Morgan fingerprint density at radius 2 is 2.00 bits per heavy atom. The van der Waals surface area contributed by atoms with E-state index in [0.717, 1.165) is 17.3 Å². The van der Waals surface area contributed by atoms with Crippen molar-refractivity contribution in [1.29, 1.82) is 0 Å². The first kappa shape index (κ1) is 11.0. The van der Waals surface area contributed by atoms with Crippen molar-refractivity contribution in [2.75, 3.05) is 5.73 Å². The molecular formula is C12H13N3S. The molecule has 4 heteroatoms. The highest BCUT2D eigenvalue weighted by atomic mass is 32.2. The lowest BCUT2D eigenvalue weighted by Gasteiger charge is -2.05. The van der Waals surface area contributed by atoms with Crippen molar-refractivity contribution in [2.45, 2.75) is 17.6 Å². The maximum atomic E-state index is 5.70. The lowest BCUT2D eigenvalue weighted by Crippen LogP contribution is -1.91. The second-order valence-corrected chi connectivity index (χ2v) is 4.50. The molecule has 1 heterocycles. The first-order valence-corrected chi connectivity index (χ1v) is 5.99. The van der Waals surface area contributed by atoms with E-state index in [1.165, 1.54) is 10.5 Å². The summed E-state index contributed by atoms with van der Waals surface area (Å²) in [6.07, 6.45) is 3.53. The first-order valence-electron chi connectivity index (χ1n) is 5.00. The Balaban J connectivity index is 2.05. The van der Waals surface area contributed by atoms with Crippen LogP contribution in [0.15, 0.2) is 41.6 Å². The van der Waals surface area contributed by atoms with Gasteiger partial charge in [-0.25, -0.2) is 9.97 Å². The molecule has 0 aliphatic rings. The molecule has 1 aromatic carbocycles. The first-order chi connectivity index (χ1) is 7.75. The van der Waals surface area contributed by atoms with E-state index in [0.29, 0.717) is 0 Å². The Kier molecular flexibility index (Phi) is 3.41. The topological polar surface area (TPSA) is 51.8 Å². The minimum Gasteiger partial charge on any atom is -0.399 e. The van der Waals surface area contributed by atoms with Gasteiger partial charge in [0.1, 0.15) is 5.82 Å². The predicted octanol–water partition coefficient (Wildman–Crippen LogP) is 2.66. The van der Waals surface area contributed by atoms with Crippen molar-refractivity contribution in [3.63, 3.8) is 0 Å². The van der Waals surface area contributed by atoms with Gasteiger partial charge in [-0.15, -0.1) is 11.8 Å². The van der Waals surface area contributed by atoms with Crippen LogP contribution in [0.5, 0.6) is 0 Å². The molecule has 3 nitrogen and oxygen atoms in total. The Bertz CT molecular complexity index is 471. The zero-order valence-electron chi connectivity index (χ0n) is 9.05. The number of nitrogen functional groups attached to an aromatic ring is 1. The summed E-state index contributed by atoms with van der Waals surface area (Å²) < 4.78 is 0. The van der Waals surface area contributed by atoms with Crippen molar-refractivity contribution in [3.8, 4) is 0 Å². The summed E-state index contributed by atoms with van der Waals surface area (Å²) in [6.45, 7) is 2.06. The molecule has 0 bridgehead atoms. The molecule has 0 amide bonds. The highest BCUT2D eigenvalue weighted by Gasteiger charge is 2.01. The number of thioether (sulfide) groups is 1. The summed E-state index contributed by atoms with van der Waals surface area (Å²) in [5, 5.41) is 0. The van der Waals surface area contributed by atoms with Crippen molar-refractivity contribution < 1.29 is 0 Å². The lowest BCUT2D eigenvalue weighted by molar-refractivity contribution is 1.03. The molecule has 2 N–H and O–H groups in total. The van der Waals surface area contributed by atoms with E-state index >= 15 is 0 Å². The average Bonchev–Trinajstić information content (AvgIpc) is 2.29. The number of benzene rings is 1. The van der Waals surface area contributed by atoms with E-state index in [-0.39, 0.29) is 0 Å². The SMILES string of the molecule is Cc1cc(N)ccc1SCc1ncccn1. The third-order valence-corrected chi connectivity index (χ3v) is 3.35. The summed E-state index contributed by atoms with van der Waals surface area (Å²) in [6, 6.07) is 7.76. The smallest absolute Gasteiger partial charge is 0.138 e. The van der Waals surface area contributed by atoms with Gasteiger partial charge < -0.3 is 5.73 Å². The van der Waals surface area contributed by atoms with E-state index in [2.05, 4.69) is 16.9 Å². The van der Waals surface area contributed by atoms with E-state index in [4.69, 9.17) is 5.73 Å². The van der Waals surface area contributed by atoms with Crippen LogP contribution in [-0.4, -0.2) is 9.97 Å². The predicted molar refractivity (Wildman–Crippen MR) is 67.2 cm³/mol. The van der Waals surface area contributed by atoms with Gasteiger partial charge in [0.05, 0.1) is 5.75 Å². The average molecular weight is 231 g/mol. The molecule has 0 atom stereocenters. The van der Waals surface area contributed by atoms with Crippen LogP contribution >= 0.6 is 11.8 Å². The summed E-state index contributed by atoms with van der Waals surface area (Å²) >= 11 is 1.73. The van der Waals surface area contributed by atoms with Crippen molar-refractivity contribution in [1.82, 2.24) is 9.97 Å². The molecule has 0 aliphatic carbocycles. The molecule has 0 fully saturated rings. The third kappa shape index (κ3) is 2.73. The number of nitrogens with two attached hydrogens (primary N) is 1. The number of rotatable bonds is 3. The Labute approximate surface area is 99.1 Å². The van der Waals surface area contributed by atoms with Crippen LogP contribution in [0, 0.1) is 6.92 Å². The standard InChI is InChI=1S/C12H13N3S/c1-9-7-10(13)3-4-11(9)16-8-12-14-5-2-6-15-12/h2-7H,8,13H2,1H3. The Morgan fingerprint density at radius 3 is 2.69 bits per heavy atom. The maximum absolute atomic E-state index is 5.70. The molecule has 2 rings (SSSR count). The maximum Gasteiger partial charge on any atom is 0.138 e. The van der Waals surface area contributed by atoms with Crippen molar-refractivity contribution in [3.05, 3.63) is 48.0 Å². The van der Waals surface area contributed by atoms with Crippen LogP contribution in [0.25, 0.3) is 0 Å². The van der Waals surface area contributed by atoms with E-state index in [1.54, 1.807) is 24.2 Å². The Morgan fingerprint density at radius 1 is 1.25 bits per heavy atom. The fraction of sp³-hybridized carbons (Fsp3) is 0.167. The fourth-order valence-corrected chi connectivity index (χ4v) is 2.27. The van der Waals surface area contributed by atoms with Gasteiger partial charge in [0.15, 0.2) is 0 Å². The van der Waals surface area contributed by atoms with Crippen molar-refractivity contribution >= 4 is 17.4 Å². The minimum absolute atomic E-state index is 0.783. The fourth-order valence-electron chi connectivity index (χ4n) is 1.38. The van der Waals surface area contributed by atoms with Crippen LogP contribution in [0.4, 0.5) is 5.69 Å². The summed E-state index contributed by atoms with van der Waals surface area (Å²) in [5.74, 6) is 1.63. The van der Waals surface area contributed by atoms with Gasteiger partial charge in [-0.2, -0.15) is 0 Å². The quantitative estimate of drug-likeness (QED) is 0.651. The zero-order chi connectivity index (χ0) is 11.4. The second kappa shape index (κ2) is 4.99. The highest BCUT2D eigenvalue weighted by Crippen LogP contribution is 2.26. The monoisotopic (exact) mass is 231 g/mol. The van der Waals surface area contributed by atoms with Gasteiger partial charge in [-0.1, -0.05) is 0 Å². The molecule has 0 unspecified atom stereocenters. The van der Waals surface area contributed by atoms with Crippen LogP contribution in [-0.2, 0) is 5.75 Å². The summed E-state index contributed by atoms with van der Waals surface area (Å²) in [4.78, 5) is 9.59. The third-order valence-electron chi connectivity index (χ3n) is 2.18. The Hall–Kier alpha value is -1.55. The normalized spacial score (nSPS) is 10.3. The van der Waals surface area contributed by atoms with Crippen LogP contribution < -0.4 is 5.73 Å². The number of aromatic nitrogens is 2. The lowest BCUT2D eigenvalue weighted by atomic mass is 10.2. The number of nitrogens with zero attached hydrogens (tertiary/aromatic N) is 2. The molecule has 16 heavy (non-hydrogen) atoms. The van der Waals surface area contributed by atoms with Gasteiger partial charge in [0.25, 0.3) is 0 Å². The van der Waals surface area contributed by atoms with E-state index in [1.807, 2.05) is 24.3 Å². The number of anilines is 1. The molecule has 82 valence electrons. The molecule has 0 saturated carbocycles. The van der Waals surface area contributed by atoms with Gasteiger partial charge in [-0.05, 0) is 36.8 Å². The van der Waals surface area contributed by atoms with Gasteiger partial charge in [0, 0.05) is 23.0 Å². The molecule has 1 aromatic heterocycles. The number of hydrogen-bond acceptors (Lipinski definition) is 4. The summed E-state index contributed by atoms with van der Waals surface area (Å²) in [7, 11) is 0. The zero-order valence-corrected chi connectivity index (χ0v) is 9.87. The second-order valence-electron chi connectivity index (χ2n) is 3.48. The number of hydrogen-bond donors (Lipinski definition) is 1. The molecule has 0 aliphatic heterocycles. The van der Waals surface area contributed by atoms with Crippen LogP contribution in [0.2, 0.25) is 0 Å². The molecule has 0 spiro atoms. The van der Waals surface area contributed by atoms with E-state index in [9.17, 15) is 0 Å². The molecule has 0 radical (unpaired) electrons. The van der Waals surface area contributed by atoms with E-state index < -0.39 is 0 Å². The molecular weight excluding hydrogens is 218 g/mol.